The lowest BCUT2D eigenvalue weighted by atomic mass is 9.33. The molecule has 9 atom stereocenters. The number of carbonyl (C=O) groups is 3. The van der Waals surface area contributed by atoms with Gasteiger partial charge in [-0.2, -0.15) is 0 Å². The van der Waals surface area contributed by atoms with Crippen LogP contribution in [0.4, 0.5) is 0 Å². The van der Waals surface area contributed by atoms with Gasteiger partial charge in [-0.15, -0.1) is 0 Å². The van der Waals surface area contributed by atoms with E-state index in [-0.39, 0.29) is 63.0 Å². The van der Waals surface area contributed by atoms with Crippen LogP contribution < -0.4 is 5.48 Å². The van der Waals surface area contributed by atoms with Crippen molar-refractivity contribution < 1.29 is 24.0 Å². The van der Waals surface area contributed by atoms with Crippen molar-refractivity contribution in [3.63, 3.8) is 0 Å². The van der Waals surface area contributed by atoms with Crippen LogP contribution in [0.25, 0.3) is 0 Å². The molecule has 0 aromatic heterocycles. The third-order valence-electron chi connectivity index (χ3n) is 14.7. The molecule has 0 spiro atoms. The molecule has 234 valence electrons. The lowest BCUT2D eigenvalue weighted by molar-refractivity contribution is -0.210. The number of hydroxylamine groups is 1. The minimum Gasteiger partial charge on any atom is -0.462 e. The van der Waals surface area contributed by atoms with Crippen LogP contribution in [-0.4, -0.2) is 29.9 Å². The summed E-state index contributed by atoms with van der Waals surface area (Å²) >= 11 is 0. The maximum absolute atomic E-state index is 14.6. The highest BCUT2D eigenvalue weighted by Gasteiger charge is 2.70. The van der Waals surface area contributed by atoms with Gasteiger partial charge in [0.25, 0.3) is 0 Å². The first-order chi connectivity index (χ1) is 19.5. The summed E-state index contributed by atoms with van der Waals surface area (Å²) in [5.74, 6) is 0.582. The molecule has 6 nitrogen and oxygen atoms in total. The van der Waals surface area contributed by atoms with Crippen LogP contribution in [0.2, 0.25) is 0 Å². The number of hydrogen-bond donors (Lipinski definition) is 1. The molecule has 0 heterocycles. The second-order valence-corrected chi connectivity index (χ2v) is 17.3. The van der Waals surface area contributed by atoms with Gasteiger partial charge in [0, 0.05) is 23.7 Å². The Morgan fingerprint density at radius 1 is 0.881 bits per heavy atom. The number of carbonyl (C=O) groups excluding carboxylic acids is 3. The second-order valence-electron chi connectivity index (χ2n) is 17.3. The number of amides is 1. The minimum atomic E-state index is -0.503. The monoisotopic (exact) mass is 581 g/mol. The average Bonchev–Trinajstić information content (AvgIpc) is 2.87. The van der Waals surface area contributed by atoms with E-state index in [1.54, 1.807) is 0 Å². The molecule has 5 saturated carbocycles. The Morgan fingerprint density at radius 2 is 1.57 bits per heavy atom. The van der Waals surface area contributed by atoms with E-state index < -0.39 is 5.41 Å². The molecule has 1 unspecified atom stereocenters. The maximum atomic E-state index is 14.6. The van der Waals surface area contributed by atoms with Crippen molar-refractivity contribution >= 4 is 17.7 Å². The molecule has 0 aromatic carbocycles. The van der Waals surface area contributed by atoms with Crippen LogP contribution in [0.15, 0.2) is 11.6 Å². The van der Waals surface area contributed by atoms with Crippen molar-refractivity contribution in [1.82, 2.24) is 5.48 Å². The zero-order valence-electron chi connectivity index (χ0n) is 27.5. The number of rotatable bonds is 4. The fraction of sp³-hybridized carbons (Fsp3) is 0.861. The van der Waals surface area contributed by atoms with Crippen molar-refractivity contribution in [1.29, 1.82) is 0 Å². The van der Waals surface area contributed by atoms with E-state index in [0.29, 0.717) is 11.7 Å². The molecule has 42 heavy (non-hydrogen) atoms. The third kappa shape index (κ3) is 4.15. The Morgan fingerprint density at radius 3 is 2.21 bits per heavy atom. The van der Waals surface area contributed by atoms with Gasteiger partial charge in [0.05, 0.1) is 6.10 Å². The highest BCUT2D eigenvalue weighted by molar-refractivity contribution is 5.95. The Hall–Kier alpha value is -1.69. The van der Waals surface area contributed by atoms with Gasteiger partial charge < -0.3 is 4.74 Å². The Labute approximate surface area is 253 Å². The molecule has 0 bridgehead atoms. The van der Waals surface area contributed by atoms with Gasteiger partial charge in [0.2, 0.25) is 5.91 Å². The molecule has 0 aliphatic heterocycles. The minimum absolute atomic E-state index is 0.00958. The Bertz CT molecular complexity index is 1200. The van der Waals surface area contributed by atoms with Gasteiger partial charge in [-0.25, -0.2) is 5.48 Å². The van der Waals surface area contributed by atoms with Gasteiger partial charge in [0.15, 0.2) is 5.78 Å². The summed E-state index contributed by atoms with van der Waals surface area (Å²) < 4.78 is 5.87. The summed E-state index contributed by atoms with van der Waals surface area (Å²) in [6.45, 7) is 17.8. The van der Waals surface area contributed by atoms with Gasteiger partial charge in [-0.1, -0.05) is 54.0 Å². The standard InChI is InChI=1S/C36H55NO5/c1-22(38)41-28-13-14-34(6)27(31(28,2)3)12-15-36(8)29(34)26(39)20-24-25-21-33(5,30(40)37-42-23-10-9-11-23)17-16-32(25,4)18-19-35(24,36)7/h20,23,25,27-29H,9-19,21H2,1-8H3,(H,37,40)/t25-,27?,28-,29+,32+,33-,34-,35+,36+/m0/s1. The first kappa shape index (κ1) is 30.3. The number of allylic oxidation sites excluding steroid dienone is 2. The van der Waals surface area contributed by atoms with Crippen LogP contribution in [-0.2, 0) is 24.0 Å². The molecule has 1 amide bonds. The quantitative estimate of drug-likeness (QED) is 0.275. The van der Waals surface area contributed by atoms with Gasteiger partial charge in [0.1, 0.15) is 6.10 Å². The maximum Gasteiger partial charge on any atom is 0.302 e. The second kappa shape index (κ2) is 9.65. The molecule has 5 fully saturated rings. The van der Waals surface area contributed by atoms with Crippen molar-refractivity contribution in [2.45, 2.75) is 145 Å². The fourth-order valence-corrected chi connectivity index (χ4v) is 11.5. The molecule has 6 heteroatoms. The van der Waals surface area contributed by atoms with E-state index in [0.717, 1.165) is 70.6 Å². The van der Waals surface area contributed by atoms with E-state index in [1.807, 2.05) is 0 Å². The summed E-state index contributed by atoms with van der Waals surface area (Å²) in [4.78, 5) is 45.9. The van der Waals surface area contributed by atoms with Crippen LogP contribution in [0.5, 0.6) is 0 Å². The number of hydrogen-bond acceptors (Lipinski definition) is 5. The van der Waals surface area contributed by atoms with Crippen LogP contribution >= 0.6 is 0 Å². The highest BCUT2D eigenvalue weighted by Crippen LogP contribution is 2.75. The lowest BCUT2D eigenvalue weighted by Gasteiger charge is -2.70. The molecular weight excluding hydrogens is 526 g/mol. The predicted molar refractivity (Wildman–Crippen MR) is 162 cm³/mol. The molecular formula is C36H55NO5. The van der Waals surface area contributed by atoms with E-state index in [4.69, 9.17) is 9.57 Å². The molecule has 6 aliphatic rings. The van der Waals surface area contributed by atoms with E-state index >= 15 is 0 Å². The first-order valence-electron chi connectivity index (χ1n) is 16.9. The normalized spacial score (nSPS) is 47.9. The topological polar surface area (TPSA) is 81.7 Å². The van der Waals surface area contributed by atoms with Crippen molar-refractivity contribution in [2.75, 3.05) is 0 Å². The summed E-state index contributed by atoms with van der Waals surface area (Å²) in [5.41, 5.74) is 3.22. The van der Waals surface area contributed by atoms with Crippen LogP contribution in [0.3, 0.4) is 0 Å². The summed E-state index contributed by atoms with van der Waals surface area (Å²) in [6, 6.07) is 0. The van der Waals surface area contributed by atoms with E-state index in [1.165, 1.54) is 18.9 Å². The first-order valence-corrected chi connectivity index (χ1v) is 16.9. The number of esters is 1. The third-order valence-corrected chi connectivity index (χ3v) is 14.7. The lowest BCUT2D eigenvalue weighted by Crippen LogP contribution is -2.66. The van der Waals surface area contributed by atoms with E-state index in [9.17, 15) is 14.4 Å². The van der Waals surface area contributed by atoms with E-state index in [2.05, 4.69) is 60.0 Å². The van der Waals surface area contributed by atoms with Gasteiger partial charge in [-0.3, -0.25) is 19.2 Å². The number of ether oxygens (including phenoxy) is 1. The van der Waals surface area contributed by atoms with Crippen molar-refractivity contribution in [2.24, 2.45) is 50.2 Å². The van der Waals surface area contributed by atoms with Crippen molar-refractivity contribution in [3.05, 3.63) is 11.6 Å². The molecule has 0 aromatic rings. The Balaban J connectivity index is 1.33. The zero-order valence-corrected chi connectivity index (χ0v) is 27.5. The molecule has 1 N–H and O–H groups in total. The largest absolute Gasteiger partial charge is 0.462 e. The molecule has 0 saturated heterocycles. The fourth-order valence-electron chi connectivity index (χ4n) is 11.5. The van der Waals surface area contributed by atoms with Gasteiger partial charge >= 0.3 is 5.97 Å². The van der Waals surface area contributed by atoms with Crippen LogP contribution in [0, 0.1) is 50.2 Å². The summed E-state index contributed by atoms with van der Waals surface area (Å²) in [7, 11) is 0. The number of fused-ring (bicyclic) bond motifs is 7. The molecule has 0 radical (unpaired) electrons. The Kier molecular flexibility index (Phi) is 6.97. The predicted octanol–water partition coefficient (Wildman–Crippen LogP) is 7.50. The SMILES string of the molecule is CC(=O)O[C@H]1CC[C@@]2(C)C(CC[C@]3(C)[C@@H]2C(=O)C=C2[C@@H]4C[C@@](C)(C(=O)NOC5CCC5)CC[C@]4(C)CC[C@]23C)C1(C)C. The molecule has 6 rings (SSSR count). The van der Waals surface area contributed by atoms with Crippen molar-refractivity contribution in [3.8, 4) is 0 Å². The average molecular weight is 582 g/mol. The summed E-state index contributed by atoms with van der Waals surface area (Å²) in [6.07, 6.45) is 14.0. The number of ketones is 1. The smallest absolute Gasteiger partial charge is 0.302 e. The highest BCUT2D eigenvalue weighted by atomic mass is 16.7. The molecule has 6 aliphatic carbocycles. The zero-order chi connectivity index (χ0) is 30.5. The summed E-state index contributed by atoms with van der Waals surface area (Å²) in [5, 5.41) is 0. The van der Waals surface area contributed by atoms with Crippen LogP contribution in [0.1, 0.15) is 132 Å². The van der Waals surface area contributed by atoms with Gasteiger partial charge in [-0.05, 0) is 117 Å². The number of nitrogens with one attached hydrogen (secondary N) is 1.